The Morgan fingerprint density at radius 3 is 2.79 bits per heavy atom. The van der Waals surface area contributed by atoms with Crippen molar-refractivity contribution in [3.63, 3.8) is 0 Å². The first-order chi connectivity index (χ1) is 9.20. The molecule has 0 radical (unpaired) electrons. The van der Waals surface area contributed by atoms with Gasteiger partial charge in [0.1, 0.15) is 0 Å². The lowest BCUT2D eigenvalue weighted by molar-refractivity contribution is 0.656. The van der Waals surface area contributed by atoms with Crippen LogP contribution in [0.4, 0.5) is 0 Å². The maximum absolute atomic E-state index is 6.22. The molecule has 0 aliphatic rings. The van der Waals surface area contributed by atoms with Crippen molar-refractivity contribution in [2.24, 2.45) is 5.73 Å². The molecule has 2 heterocycles. The lowest BCUT2D eigenvalue weighted by Gasteiger charge is -2.10. The minimum Gasteiger partial charge on any atom is -0.327 e. The van der Waals surface area contributed by atoms with Crippen LogP contribution in [0.25, 0.3) is 4.96 Å². The van der Waals surface area contributed by atoms with Gasteiger partial charge in [-0.15, -0.1) is 11.3 Å². The van der Waals surface area contributed by atoms with Crippen molar-refractivity contribution < 1.29 is 0 Å². The predicted molar refractivity (Wildman–Crippen MR) is 79.6 cm³/mol. The van der Waals surface area contributed by atoms with E-state index in [9.17, 15) is 0 Å². The summed E-state index contributed by atoms with van der Waals surface area (Å²) in [6.45, 7) is 2.10. The summed E-state index contributed by atoms with van der Waals surface area (Å²) in [4.78, 5) is 5.61. The summed E-state index contributed by atoms with van der Waals surface area (Å²) in [6, 6.07) is 8.69. The zero-order valence-corrected chi connectivity index (χ0v) is 11.7. The third kappa shape index (κ3) is 2.85. The standard InChI is InChI=1S/C15H17N3S/c1-11-2-4-12(5-3-11)8-13(16)9-14-10-18-6-7-19-15(18)17-14/h2-7,10,13H,8-9,16H2,1H3. The first-order valence-corrected chi connectivity index (χ1v) is 7.31. The Labute approximate surface area is 116 Å². The first kappa shape index (κ1) is 12.4. The molecule has 0 aliphatic heterocycles. The molecular weight excluding hydrogens is 254 g/mol. The first-order valence-electron chi connectivity index (χ1n) is 6.43. The minimum absolute atomic E-state index is 0.118. The molecule has 0 bridgehead atoms. The number of nitrogens with two attached hydrogens (primary N) is 1. The maximum Gasteiger partial charge on any atom is 0.193 e. The Hall–Kier alpha value is -1.65. The van der Waals surface area contributed by atoms with Crippen molar-refractivity contribution in [3.8, 4) is 0 Å². The van der Waals surface area contributed by atoms with E-state index in [-0.39, 0.29) is 6.04 Å². The molecule has 1 unspecified atom stereocenters. The molecule has 0 saturated carbocycles. The average Bonchev–Trinajstić information content (AvgIpc) is 2.92. The highest BCUT2D eigenvalue weighted by molar-refractivity contribution is 7.15. The maximum atomic E-state index is 6.22. The van der Waals surface area contributed by atoms with Gasteiger partial charge in [0.25, 0.3) is 0 Å². The smallest absolute Gasteiger partial charge is 0.193 e. The second kappa shape index (κ2) is 5.15. The van der Waals surface area contributed by atoms with E-state index in [2.05, 4.69) is 46.8 Å². The average molecular weight is 271 g/mol. The molecule has 2 N–H and O–H groups in total. The monoisotopic (exact) mass is 271 g/mol. The summed E-state index contributed by atoms with van der Waals surface area (Å²) >= 11 is 1.65. The molecule has 19 heavy (non-hydrogen) atoms. The van der Waals surface area contributed by atoms with Crippen LogP contribution in [0.5, 0.6) is 0 Å². The predicted octanol–water partition coefficient (Wildman–Crippen LogP) is 2.82. The second-order valence-electron chi connectivity index (χ2n) is 4.98. The highest BCUT2D eigenvalue weighted by Gasteiger charge is 2.09. The highest BCUT2D eigenvalue weighted by atomic mass is 32.1. The van der Waals surface area contributed by atoms with Gasteiger partial charge in [-0.05, 0) is 18.9 Å². The fourth-order valence-corrected chi connectivity index (χ4v) is 2.96. The molecule has 4 heteroatoms. The van der Waals surface area contributed by atoms with Gasteiger partial charge in [0.2, 0.25) is 0 Å². The number of aromatic nitrogens is 2. The van der Waals surface area contributed by atoms with Crippen LogP contribution in [-0.4, -0.2) is 15.4 Å². The number of nitrogens with zero attached hydrogens (tertiary/aromatic N) is 2. The zero-order chi connectivity index (χ0) is 13.2. The van der Waals surface area contributed by atoms with E-state index >= 15 is 0 Å². The molecule has 1 atom stereocenters. The van der Waals surface area contributed by atoms with Gasteiger partial charge >= 0.3 is 0 Å². The number of imidazole rings is 1. The molecule has 0 saturated heterocycles. The van der Waals surface area contributed by atoms with E-state index < -0.39 is 0 Å². The third-order valence-corrected chi connectivity index (χ3v) is 4.00. The molecule has 1 aromatic carbocycles. The van der Waals surface area contributed by atoms with Gasteiger partial charge in [-0.3, -0.25) is 4.40 Å². The number of fused-ring (bicyclic) bond motifs is 1. The molecular formula is C15H17N3S. The molecule has 98 valence electrons. The number of hydrogen-bond donors (Lipinski definition) is 1. The van der Waals surface area contributed by atoms with Crippen LogP contribution in [0, 0.1) is 6.92 Å². The second-order valence-corrected chi connectivity index (χ2v) is 5.85. The van der Waals surface area contributed by atoms with Crippen molar-refractivity contribution in [2.75, 3.05) is 0 Å². The van der Waals surface area contributed by atoms with Gasteiger partial charge in [0, 0.05) is 30.2 Å². The van der Waals surface area contributed by atoms with Crippen LogP contribution < -0.4 is 5.73 Å². The topological polar surface area (TPSA) is 43.3 Å². The van der Waals surface area contributed by atoms with E-state index in [1.165, 1.54) is 11.1 Å². The molecule has 0 spiro atoms. The molecule has 2 aromatic heterocycles. The van der Waals surface area contributed by atoms with Crippen LogP contribution >= 0.6 is 11.3 Å². The highest BCUT2D eigenvalue weighted by Crippen LogP contribution is 2.13. The Kier molecular flexibility index (Phi) is 3.36. The molecule has 3 nitrogen and oxygen atoms in total. The van der Waals surface area contributed by atoms with Gasteiger partial charge in [-0.2, -0.15) is 0 Å². The number of benzene rings is 1. The van der Waals surface area contributed by atoms with E-state index in [1.807, 2.05) is 11.6 Å². The van der Waals surface area contributed by atoms with Crippen molar-refractivity contribution in [1.29, 1.82) is 0 Å². The number of hydrogen-bond acceptors (Lipinski definition) is 3. The van der Waals surface area contributed by atoms with E-state index in [1.54, 1.807) is 11.3 Å². The van der Waals surface area contributed by atoms with Crippen LogP contribution in [0.15, 0.2) is 42.0 Å². The lowest BCUT2D eigenvalue weighted by Crippen LogP contribution is -2.25. The normalized spacial score (nSPS) is 12.9. The number of aryl methyl sites for hydroxylation is 1. The number of rotatable bonds is 4. The van der Waals surface area contributed by atoms with Crippen LogP contribution in [0.2, 0.25) is 0 Å². The molecule has 0 aliphatic carbocycles. The van der Waals surface area contributed by atoms with Crippen molar-refractivity contribution >= 4 is 16.3 Å². The van der Waals surface area contributed by atoms with Crippen molar-refractivity contribution in [2.45, 2.75) is 25.8 Å². The van der Waals surface area contributed by atoms with Crippen LogP contribution in [0.1, 0.15) is 16.8 Å². The Bertz CT molecular complexity index is 638. The summed E-state index contributed by atoms with van der Waals surface area (Å²) in [5.74, 6) is 0. The Morgan fingerprint density at radius 2 is 2.05 bits per heavy atom. The summed E-state index contributed by atoms with van der Waals surface area (Å²) in [5.41, 5.74) is 9.87. The largest absolute Gasteiger partial charge is 0.327 e. The van der Waals surface area contributed by atoms with E-state index in [0.717, 1.165) is 23.5 Å². The fraction of sp³-hybridized carbons (Fsp3) is 0.267. The van der Waals surface area contributed by atoms with Gasteiger partial charge in [-0.1, -0.05) is 29.8 Å². The summed E-state index contributed by atoms with van der Waals surface area (Å²) in [7, 11) is 0. The lowest BCUT2D eigenvalue weighted by atomic mass is 10.0. The van der Waals surface area contributed by atoms with E-state index in [4.69, 9.17) is 5.73 Å². The molecule has 3 rings (SSSR count). The summed E-state index contributed by atoms with van der Waals surface area (Å²) < 4.78 is 2.05. The molecule has 0 fully saturated rings. The van der Waals surface area contributed by atoms with Gasteiger partial charge in [0.15, 0.2) is 4.96 Å². The summed E-state index contributed by atoms with van der Waals surface area (Å²) in [6.07, 6.45) is 5.82. The fourth-order valence-electron chi connectivity index (χ4n) is 2.24. The zero-order valence-electron chi connectivity index (χ0n) is 10.9. The Balaban J connectivity index is 1.66. The van der Waals surface area contributed by atoms with Gasteiger partial charge < -0.3 is 5.73 Å². The van der Waals surface area contributed by atoms with Crippen molar-refractivity contribution in [3.05, 3.63) is 58.9 Å². The Morgan fingerprint density at radius 1 is 1.26 bits per heavy atom. The van der Waals surface area contributed by atoms with Crippen LogP contribution in [-0.2, 0) is 12.8 Å². The third-order valence-electron chi connectivity index (χ3n) is 3.23. The van der Waals surface area contributed by atoms with Gasteiger partial charge in [0.05, 0.1) is 5.69 Å². The quantitative estimate of drug-likeness (QED) is 0.793. The summed E-state index contributed by atoms with van der Waals surface area (Å²) in [5, 5.41) is 2.04. The van der Waals surface area contributed by atoms with E-state index in [0.29, 0.717) is 0 Å². The van der Waals surface area contributed by atoms with Crippen molar-refractivity contribution in [1.82, 2.24) is 9.38 Å². The molecule has 3 aromatic rings. The number of thiazole rings is 1. The SMILES string of the molecule is Cc1ccc(CC(N)Cc2cn3ccsc3n2)cc1. The minimum atomic E-state index is 0.118. The molecule has 0 amide bonds. The van der Waals surface area contributed by atoms with Gasteiger partial charge in [-0.25, -0.2) is 4.98 Å². The van der Waals surface area contributed by atoms with Crippen LogP contribution in [0.3, 0.4) is 0 Å².